The first-order valence-corrected chi connectivity index (χ1v) is 5.57. The van der Waals surface area contributed by atoms with Crippen LogP contribution in [0, 0.1) is 0 Å². The molecule has 0 aromatic rings. The fourth-order valence-electron chi connectivity index (χ4n) is 1.07. The zero-order valence-corrected chi connectivity index (χ0v) is 10.8. The Hall–Kier alpha value is -1.30. The minimum absolute atomic E-state index is 0.0953. The Bertz CT molecular complexity index is 259. The van der Waals surface area contributed by atoms with E-state index in [1.807, 2.05) is 0 Å². The molecule has 100 valence electrons. The summed E-state index contributed by atoms with van der Waals surface area (Å²) in [5, 5.41) is 11.2. The van der Waals surface area contributed by atoms with Gasteiger partial charge in [0, 0.05) is 13.0 Å². The van der Waals surface area contributed by atoms with E-state index in [2.05, 4.69) is 5.32 Å². The zero-order chi connectivity index (χ0) is 13.5. The number of alkyl carbamates (subject to hydrolysis) is 1. The van der Waals surface area contributed by atoms with Gasteiger partial charge in [-0.1, -0.05) is 0 Å². The van der Waals surface area contributed by atoms with Gasteiger partial charge < -0.3 is 19.9 Å². The molecule has 0 aromatic carbocycles. The highest BCUT2D eigenvalue weighted by molar-refractivity contribution is 5.81. The second-order valence-electron chi connectivity index (χ2n) is 4.46. The predicted octanol–water partition coefficient (Wildman–Crippen LogP) is 0.825. The molecule has 17 heavy (non-hydrogen) atoms. The summed E-state index contributed by atoms with van der Waals surface area (Å²) in [5.74, 6) is -0.576. The molecule has 0 aliphatic heterocycles. The van der Waals surface area contributed by atoms with E-state index in [-0.39, 0.29) is 19.6 Å². The Balaban J connectivity index is 4.34. The topological polar surface area (TPSA) is 84.9 Å². The van der Waals surface area contributed by atoms with Gasteiger partial charge in [-0.05, 0) is 27.7 Å². The van der Waals surface area contributed by atoms with E-state index in [0.29, 0.717) is 0 Å². The summed E-state index contributed by atoms with van der Waals surface area (Å²) in [7, 11) is 0. The summed E-state index contributed by atoms with van der Waals surface area (Å²) < 4.78 is 9.77. The van der Waals surface area contributed by atoms with E-state index < -0.39 is 23.7 Å². The fourth-order valence-corrected chi connectivity index (χ4v) is 1.07. The van der Waals surface area contributed by atoms with E-state index in [4.69, 9.17) is 14.6 Å². The van der Waals surface area contributed by atoms with Crippen LogP contribution in [0.4, 0.5) is 4.79 Å². The van der Waals surface area contributed by atoms with Crippen LogP contribution < -0.4 is 5.32 Å². The second-order valence-corrected chi connectivity index (χ2v) is 4.46. The number of carbonyl (C=O) groups excluding carboxylic acids is 2. The normalized spacial score (nSPS) is 12.8. The highest BCUT2D eigenvalue weighted by Crippen LogP contribution is 2.07. The summed E-state index contributed by atoms with van der Waals surface area (Å²) in [6.45, 7) is 6.82. The lowest BCUT2D eigenvalue weighted by Crippen LogP contribution is -2.44. The van der Waals surface area contributed by atoms with Gasteiger partial charge in [0.1, 0.15) is 11.6 Å². The van der Waals surface area contributed by atoms with Crippen LogP contribution in [0.2, 0.25) is 0 Å². The van der Waals surface area contributed by atoms with Gasteiger partial charge in [-0.3, -0.25) is 0 Å². The maximum absolute atomic E-state index is 11.4. The van der Waals surface area contributed by atoms with Crippen molar-refractivity contribution in [3.63, 3.8) is 0 Å². The van der Waals surface area contributed by atoms with E-state index in [1.165, 1.54) is 0 Å². The van der Waals surface area contributed by atoms with Crippen molar-refractivity contribution in [2.45, 2.75) is 45.8 Å². The maximum atomic E-state index is 11.4. The molecule has 0 aliphatic carbocycles. The van der Waals surface area contributed by atoms with Gasteiger partial charge in [0.2, 0.25) is 0 Å². The summed E-state index contributed by atoms with van der Waals surface area (Å²) >= 11 is 0. The highest BCUT2D eigenvalue weighted by atomic mass is 16.6. The first-order valence-electron chi connectivity index (χ1n) is 5.57. The van der Waals surface area contributed by atoms with Crippen molar-refractivity contribution < 1.29 is 24.2 Å². The van der Waals surface area contributed by atoms with Gasteiger partial charge in [-0.2, -0.15) is 0 Å². The van der Waals surface area contributed by atoms with Crippen molar-refractivity contribution >= 4 is 12.1 Å². The lowest BCUT2D eigenvalue weighted by Gasteiger charge is -2.22. The first kappa shape index (κ1) is 15.7. The van der Waals surface area contributed by atoms with Crippen molar-refractivity contribution in [3.8, 4) is 0 Å². The number of carbonyl (C=O) groups is 2. The molecule has 0 aliphatic rings. The summed E-state index contributed by atoms with van der Waals surface area (Å²) in [6.07, 6.45) is -0.609. The fraction of sp³-hybridized carbons (Fsp3) is 0.818. The summed E-state index contributed by atoms with van der Waals surface area (Å²) in [5.41, 5.74) is -0.636. The Morgan fingerprint density at radius 1 is 1.35 bits per heavy atom. The standard InChI is InChI=1S/C11H21NO5/c1-5-16-9(14)8(6-7-13)12-10(15)17-11(2,3)4/h8,13H,5-7H2,1-4H3,(H,12,15). The molecular weight excluding hydrogens is 226 g/mol. The summed E-state index contributed by atoms with van der Waals surface area (Å²) in [4.78, 5) is 22.9. The summed E-state index contributed by atoms with van der Waals surface area (Å²) in [6, 6.07) is -0.880. The number of ether oxygens (including phenoxy) is 2. The van der Waals surface area contributed by atoms with Gasteiger partial charge in [0.25, 0.3) is 0 Å². The number of esters is 1. The number of hydrogen-bond acceptors (Lipinski definition) is 5. The van der Waals surface area contributed by atoms with Crippen LogP contribution in [0.25, 0.3) is 0 Å². The van der Waals surface area contributed by atoms with E-state index in [9.17, 15) is 9.59 Å². The molecular formula is C11H21NO5. The first-order chi connectivity index (χ1) is 7.80. The molecule has 0 rings (SSSR count). The average Bonchev–Trinajstić information content (AvgIpc) is 2.14. The molecule has 0 spiro atoms. The Labute approximate surface area is 101 Å². The van der Waals surface area contributed by atoms with Gasteiger partial charge in [-0.15, -0.1) is 0 Å². The zero-order valence-electron chi connectivity index (χ0n) is 10.8. The second kappa shape index (κ2) is 7.11. The molecule has 0 bridgehead atoms. The third kappa shape index (κ3) is 7.57. The van der Waals surface area contributed by atoms with Crippen LogP contribution in [-0.2, 0) is 14.3 Å². The van der Waals surface area contributed by atoms with Crippen LogP contribution in [0.15, 0.2) is 0 Å². The van der Waals surface area contributed by atoms with Crippen LogP contribution in [-0.4, -0.2) is 42.0 Å². The van der Waals surface area contributed by atoms with E-state index in [0.717, 1.165) is 0 Å². The molecule has 0 fully saturated rings. The van der Waals surface area contributed by atoms with E-state index >= 15 is 0 Å². The lowest BCUT2D eigenvalue weighted by molar-refractivity contribution is -0.146. The van der Waals surface area contributed by atoms with Crippen molar-refractivity contribution in [2.75, 3.05) is 13.2 Å². The van der Waals surface area contributed by atoms with Crippen LogP contribution in [0.3, 0.4) is 0 Å². The highest BCUT2D eigenvalue weighted by Gasteiger charge is 2.24. The van der Waals surface area contributed by atoms with Gasteiger partial charge in [0.15, 0.2) is 0 Å². The van der Waals surface area contributed by atoms with Crippen molar-refractivity contribution in [2.24, 2.45) is 0 Å². The molecule has 1 amide bonds. The molecule has 1 unspecified atom stereocenters. The number of amides is 1. The Kier molecular flexibility index (Phi) is 6.57. The van der Waals surface area contributed by atoms with Crippen molar-refractivity contribution in [1.82, 2.24) is 5.32 Å². The average molecular weight is 247 g/mol. The van der Waals surface area contributed by atoms with Crippen molar-refractivity contribution in [3.05, 3.63) is 0 Å². The third-order valence-electron chi connectivity index (χ3n) is 1.68. The minimum atomic E-state index is -0.880. The van der Waals surface area contributed by atoms with Crippen LogP contribution in [0.1, 0.15) is 34.1 Å². The van der Waals surface area contributed by atoms with Crippen molar-refractivity contribution in [1.29, 1.82) is 0 Å². The maximum Gasteiger partial charge on any atom is 0.408 e. The van der Waals surface area contributed by atoms with Gasteiger partial charge in [-0.25, -0.2) is 9.59 Å². The largest absolute Gasteiger partial charge is 0.464 e. The van der Waals surface area contributed by atoms with E-state index in [1.54, 1.807) is 27.7 Å². The van der Waals surface area contributed by atoms with Gasteiger partial charge in [0.05, 0.1) is 6.61 Å². The molecule has 2 N–H and O–H groups in total. The molecule has 0 saturated carbocycles. The number of rotatable bonds is 5. The van der Waals surface area contributed by atoms with Gasteiger partial charge >= 0.3 is 12.1 Å². The predicted molar refractivity (Wildman–Crippen MR) is 61.5 cm³/mol. The quantitative estimate of drug-likeness (QED) is 0.703. The van der Waals surface area contributed by atoms with Crippen LogP contribution in [0.5, 0.6) is 0 Å². The molecule has 0 saturated heterocycles. The SMILES string of the molecule is CCOC(=O)C(CCO)NC(=O)OC(C)(C)C. The minimum Gasteiger partial charge on any atom is -0.464 e. The molecule has 0 heterocycles. The molecule has 1 atom stereocenters. The molecule has 6 nitrogen and oxygen atoms in total. The number of hydrogen-bond donors (Lipinski definition) is 2. The third-order valence-corrected chi connectivity index (χ3v) is 1.68. The molecule has 6 heteroatoms. The smallest absolute Gasteiger partial charge is 0.408 e. The Morgan fingerprint density at radius 3 is 2.35 bits per heavy atom. The Morgan fingerprint density at radius 2 is 1.94 bits per heavy atom. The molecule has 0 radical (unpaired) electrons. The number of aliphatic hydroxyl groups is 1. The number of nitrogens with one attached hydrogen (secondary N) is 1. The monoisotopic (exact) mass is 247 g/mol. The molecule has 0 aromatic heterocycles. The lowest BCUT2D eigenvalue weighted by atomic mass is 10.2. The number of aliphatic hydroxyl groups excluding tert-OH is 1. The van der Waals surface area contributed by atoms with Crippen LogP contribution >= 0.6 is 0 Å².